The van der Waals surface area contributed by atoms with E-state index in [0.29, 0.717) is 0 Å². The summed E-state index contributed by atoms with van der Waals surface area (Å²) in [6.45, 7) is 0. The van der Waals surface area contributed by atoms with Gasteiger partial charge in [-0.25, -0.2) is 0 Å². The van der Waals surface area contributed by atoms with Crippen molar-refractivity contribution < 1.29 is 4.79 Å². The molecule has 0 bridgehead atoms. The summed E-state index contributed by atoms with van der Waals surface area (Å²) in [6, 6.07) is 0. The summed E-state index contributed by atoms with van der Waals surface area (Å²) in [5.74, 6) is 6.55. The summed E-state index contributed by atoms with van der Waals surface area (Å²) in [6.07, 6.45) is 12.5. The number of unbranched alkanes of at least 4 members (excludes halogenated alkanes) is 9. The minimum absolute atomic E-state index is 0.184. The lowest BCUT2D eigenvalue weighted by Gasteiger charge is -2.00. The third-order valence-corrected chi connectivity index (χ3v) is 3.19. The van der Waals surface area contributed by atoms with Crippen LogP contribution in [0.25, 0.3) is 0 Å². The van der Waals surface area contributed by atoms with Crippen LogP contribution in [0.15, 0.2) is 0 Å². The van der Waals surface area contributed by atoms with Crippen molar-refractivity contribution in [3.05, 3.63) is 0 Å². The van der Waals surface area contributed by atoms with Gasteiger partial charge in [-0.2, -0.15) is 0 Å². The summed E-state index contributed by atoms with van der Waals surface area (Å²) in [5, 5.41) is -0.364. The van der Waals surface area contributed by atoms with Crippen LogP contribution in [0.2, 0.25) is 0 Å². The van der Waals surface area contributed by atoms with Gasteiger partial charge in [0.25, 0.3) is 0 Å². The van der Waals surface area contributed by atoms with Gasteiger partial charge in [0.2, 0.25) is 5.24 Å². The molecule has 0 rings (SSSR count). The Morgan fingerprint density at radius 3 is 1.78 bits per heavy atom. The number of carbonyl (C=O) groups is 1. The topological polar surface area (TPSA) is 17.1 Å². The van der Waals surface area contributed by atoms with Gasteiger partial charge in [-0.15, -0.1) is 17.5 Å². The maximum absolute atomic E-state index is 10.4. The highest BCUT2D eigenvalue weighted by molar-refractivity contribution is 6.63. The molecule has 0 saturated carbocycles. The third-order valence-electron chi connectivity index (χ3n) is 2.79. The van der Waals surface area contributed by atoms with Crippen molar-refractivity contribution in [2.24, 2.45) is 0 Å². The lowest BCUT2D eigenvalue weighted by atomic mass is 10.1. The van der Waals surface area contributed by atoms with E-state index in [0.717, 1.165) is 25.1 Å². The fraction of sp³-hybridized carbons (Fsp3) is 0.800. The normalized spacial score (nSPS) is 9.89. The maximum Gasteiger partial charge on any atom is 0.233 e. The van der Waals surface area contributed by atoms with Crippen molar-refractivity contribution in [1.29, 1.82) is 0 Å². The van der Waals surface area contributed by atoms with Gasteiger partial charge in [0.15, 0.2) is 0 Å². The molecule has 3 heteroatoms. The van der Waals surface area contributed by atoms with E-state index in [1.54, 1.807) is 0 Å². The van der Waals surface area contributed by atoms with Crippen LogP contribution in [-0.4, -0.2) is 11.1 Å². The fourth-order valence-corrected chi connectivity index (χ4v) is 2.02. The van der Waals surface area contributed by atoms with Gasteiger partial charge >= 0.3 is 0 Å². The Morgan fingerprint density at radius 1 is 0.778 bits per heavy atom. The van der Waals surface area contributed by atoms with E-state index in [9.17, 15) is 4.79 Å². The first-order valence-electron chi connectivity index (χ1n) is 6.97. The number of alkyl halides is 1. The molecular formula is C15H24Cl2O. The van der Waals surface area contributed by atoms with Crippen molar-refractivity contribution in [3.63, 3.8) is 0 Å². The lowest BCUT2D eigenvalue weighted by Crippen LogP contribution is -1.82. The summed E-state index contributed by atoms with van der Waals surface area (Å²) >= 11 is 10.8. The molecule has 0 heterocycles. The summed E-state index contributed by atoms with van der Waals surface area (Å²) in [4.78, 5) is 10.4. The van der Waals surface area contributed by atoms with Crippen LogP contribution in [-0.2, 0) is 4.79 Å². The summed E-state index contributed by atoms with van der Waals surface area (Å²) < 4.78 is 0. The van der Waals surface area contributed by atoms with E-state index >= 15 is 0 Å². The molecule has 0 saturated heterocycles. The van der Waals surface area contributed by atoms with Gasteiger partial charge in [0, 0.05) is 12.3 Å². The van der Waals surface area contributed by atoms with Gasteiger partial charge in [-0.1, -0.05) is 50.9 Å². The van der Waals surface area contributed by atoms with Crippen LogP contribution in [0.4, 0.5) is 0 Å². The second kappa shape index (κ2) is 14.9. The highest BCUT2D eigenvalue weighted by Gasteiger charge is 1.92. The quantitative estimate of drug-likeness (QED) is 0.219. The van der Waals surface area contributed by atoms with E-state index in [2.05, 4.69) is 11.8 Å². The van der Waals surface area contributed by atoms with Crippen LogP contribution in [0, 0.1) is 11.8 Å². The maximum atomic E-state index is 10.4. The number of halogens is 2. The van der Waals surface area contributed by atoms with Gasteiger partial charge in [0.05, 0.1) is 6.42 Å². The molecule has 0 aliphatic carbocycles. The molecule has 104 valence electrons. The number of hydrogen-bond acceptors (Lipinski definition) is 1. The van der Waals surface area contributed by atoms with Crippen LogP contribution in [0.1, 0.15) is 70.6 Å². The average Bonchev–Trinajstić information content (AvgIpc) is 2.34. The van der Waals surface area contributed by atoms with E-state index in [4.69, 9.17) is 23.2 Å². The third kappa shape index (κ3) is 15.8. The number of rotatable bonds is 11. The van der Waals surface area contributed by atoms with E-state index in [1.165, 1.54) is 44.9 Å². The van der Waals surface area contributed by atoms with Gasteiger partial charge in [-0.05, 0) is 24.4 Å². The highest BCUT2D eigenvalue weighted by Crippen LogP contribution is 2.10. The number of hydrogen-bond donors (Lipinski definition) is 0. The first-order valence-corrected chi connectivity index (χ1v) is 7.88. The molecule has 0 atom stereocenters. The van der Waals surface area contributed by atoms with E-state index < -0.39 is 0 Å². The zero-order valence-corrected chi connectivity index (χ0v) is 12.7. The molecule has 18 heavy (non-hydrogen) atoms. The molecule has 0 aromatic rings. The molecule has 0 spiro atoms. The average molecular weight is 291 g/mol. The molecule has 0 aliphatic heterocycles. The summed E-state index contributed by atoms with van der Waals surface area (Å²) in [5.41, 5.74) is 0. The van der Waals surface area contributed by atoms with Crippen LogP contribution in [0.5, 0.6) is 0 Å². The number of carbonyl (C=O) groups excluding carboxylic acids is 1. The molecule has 0 unspecified atom stereocenters. The zero-order valence-electron chi connectivity index (χ0n) is 11.1. The lowest BCUT2D eigenvalue weighted by molar-refractivity contribution is -0.110. The van der Waals surface area contributed by atoms with Crippen molar-refractivity contribution in [2.75, 3.05) is 5.88 Å². The fourth-order valence-electron chi connectivity index (χ4n) is 1.77. The zero-order chi connectivity index (χ0) is 13.5. The van der Waals surface area contributed by atoms with Crippen LogP contribution < -0.4 is 0 Å². The van der Waals surface area contributed by atoms with Gasteiger partial charge in [-0.3, -0.25) is 4.79 Å². The second-order valence-corrected chi connectivity index (χ2v) is 5.31. The molecule has 0 aromatic heterocycles. The molecule has 0 radical (unpaired) electrons. The second-order valence-electron chi connectivity index (χ2n) is 4.51. The smallest absolute Gasteiger partial charge is 0.233 e. The minimum atomic E-state index is -0.364. The molecule has 1 nitrogen and oxygen atoms in total. The van der Waals surface area contributed by atoms with Gasteiger partial charge < -0.3 is 0 Å². The molecular weight excluding hydrogens is 267 g/mol. The van der Waals surface area contributed by atoms with Crippen LogP contribution >= 0.6 is 23.2 Å². The minimum Gasteiger partial charge on any atom is -0.280 e. The predicted molar refractivity (Wildman–Crippen MR) is 80.1 cm³/mol. The Balaban J connectivity index is 3.06. The van der Waals surface area contributed by atoms with Crippen molar-refractivity contribution in [1.82, 2.24) is 0 Å². The van der Waals surface area contributed by atoms with Crippen molar-refractivity contribution in [3.8, 4) is 11.8 Å². The van der Waals surface area contributed by atoms with Gasteiger partial charge in [0.1, 0.15) is 0 Å². The first-order chi connectivity index (χ1) is 8.77. The Bertz CT molecular complexity index is 253. The largest absolute Gasteiger partial charge is 0.280 e. The van der Waals surface area contributed by atoms with Crippen molar-refractivity contribution >= 4 is 28.4 Å². The molecule has 0 aliphatic rings. The Kier molecular flexibility index (Phi) is 14.7. The van der Waals surface area contributed by atoms with Crippen LogP contribution in [0.3, 0.4) is 0 Å². The SMILES string of the molecule is O=C(Cl)CC#CCCCCCCCCCCCCl. The highest BCUT2D eigenvalue weighted by atomic mass is 35.5. The molecule has 0 fully saturated rings. The standard InChI is InChI=1S/C15H24Cl2O/c16-14-12-10-8-6-4-2-1-3-5-7-9-11-13-15(17)18/h1-8,10,12-14H2. The Morgan fingerprint density at radius 2 is 1.28 bits per heavy atom. The molecule has 0 N–H and O–H groups in total. The summed E-state index contributed by atoms with van der Waals surface area (Å²) in [7, 11) is 0. The predicted octanol–water partition coefficient (Wildman–Crippen LogP) is 5.29. The Labute approximate surface area is 122 Å². The first kappa shape index (κ1) is 17.8. The van der Waals surface area contributed by atoms with E-state index in [1.807, 2.05) is 0 Å². The Hall–Kier alpha value is -0.190. The monoisotopic (exact) mass is 290 g/mol. The van der Waals surface area contributed by atoms with E-state index in [-0.39, 0.29) is 11.7 Å². The molecule has 0 aromatic carbocycles. The molecule has 0 amide bonds. The van der Waals surface area contributed by atoms with Crippen molar-refractivity contribution in [2.45, 2.75) is 70.6 Å².